The Labute approximate surface area is 184 Å². The lowest BCUT2D eigenvalue weighted by Gasteiger charge is -2.19. The van der Waals surface area contributed by atoms with Gasteiger partial charge in [-0.1, -0.05) is 36.4 Å². The van der Waals surface area contributed by atoms with E-state index < -0.39 is 5.97 Å². The Morgan fingerprint density at radius 3 is 2.77 bits per heavy atom. The number of nitrogens with zero attached hydrogens (tertiary/aromatic N) is 2. The number of aromatic nitrogens is 2. The molecule has 4 aromatic rings. The average Bonchev–Trinajstić information content (AvgIpc) is 3.02. The van der Waals surface area contributed by atoms with Gasteiger partial charge in [-0.25, -0.2) is 9.78 Å². The molecule has 0 saturated carbocycles. The van der Waals surface area contributed by atoms with Crippen LogP contribution in [0.4, 0.5) is 0 Å². The van der Waals surface area contributed by atoms with Crippen molar-refractivity contribution in [2.45, 2.75) is 18.3 Å². The standard InChI is InChI=1S/C25H22N2O3S/c1-27-21-9-5-4-8-20(21)26-23(27)12-13-31-24-18-7-3-2-6-17(18)15-30-22-11-10-16(25(28)29)14-19(22)24/h2-11,14,24H,12-13,15H2,1H3,(H,28,29). The maximum atomic E-state index is 11.6. The number of benzene rings is 3. The number of rotatable bonds is 5. The van der Waals surface area contributed by atoms with Crippen molar-refractivity contribution in [3.8, 4) is 5.75 Å². The second kappa shape index (κ2) is 8.12. The van der Waals surface area contributed by atoms with E-state index in [0.717, 1.165) is 45.9 Å². The molecule has 0 spiro atoms. The number of aryl methyl sites for hydroxylation is 2. The Balaban J connectivity index is 1.46. The van der Waals surface area contributed by atoms with Crippen LogP contribution in [0.1, 0.15) is 38.1 Å². The van der Waals surface area contributed by atoms with Crippen molar-refractivity contribution in [1.29, 1.82) is 0 Å². The zero-order chi connectivity index (χ0) is 21.4. The highest BCUT2D eigenvalue weighted by molar-refractivity contribution is 7.99. The highest BCUT2D eigenvalue weighted by Crippen LogP contribution is 2.44. The summed E-state index contributed by atoms with van der Waals surface area (Å²) in [5, 5.41) is 9.51. The lowest BCUT2D eigenvalue weighted by atomic mass is 9.98. The number of imidazole rings is 1. The summed E-state index contributed by atoms with van der Waals surface area (Å²) in [4.78, 5) is 16.4. The SMILES string of the molecule is Cn1c(CCSC2c3ccccc3COc3ccc(C(=O)O)cc32)nc2ccccc21. The molecule has 0 amide bonds. The molecule has 0 bridgehead atoms. The molecule has 1 unspecified atom stereocenters. The predicted molar refractivity (Wildman–Crippen MR) is 123 cm³/mol. The van der Waals surface area contributed by atoms with Crippen LogP contribution in [0.2, 0.25) is 0 Å². The molecule has 2 heterocycles. The highest BCUT2D eigenvalue weighted by Gasteiger charge is 2.26. The van der Waals surface area contributed by atoms with E-state index in [1.807, 2.05) is 30.3 Å². The molecule has 0 saturated heterocycles. The van der Waals surface area contributed by atoms with Gasteiger partial charge in [-0.3, -0.25) is 0 Å². The largest absolute Gasteiger partial charge is 0.489 e. The van der Waals surface area contributed by atoms with Crippen LogP contribution in [-0.4, -0.2) is 26.4 Å². The summed E-state index contributed by atoms with van der Waals surface area (Å²) in [6, 6.07) is 21.6. The monoisotopic (exact) mass is 430 g/mol. The van der Waals surface area contributed by atoms with Crippen molar-refractivity contribution in [1.82, 2.24) is 9.55 Å². The summed E-state index contributed by atoms with van der Waals surface area (Å²) in [6.07, 6.45) is 0.823. The van der Waals surface area contributed by atoms with Gasteiger partial charge in [0, 0.05) is 24.8 Å². The molecule has 1 aliphatic rings. The number of para-hydroxylation sites is 2. The Morgan fingerprint density at radius 2 is 1.94 bits per heavy atom. The van der Waals surface area contributed by atoms with Crippen molar-refractivity contribution in [2.75, 3.05) is 5.75 Å². The molecule has 0 radical (unpaired) electrons. The minimum absolute atomic E-state index is 0.00249. The highest BCUT2D eigenvalue weighted by atomic mass is 32.2. The van der Waals surface area contributed by atoms with Gasteiger partial charge < -0.3 is 14.4 Å². The predicted octanol–water partition coefficient (Wildman–Crippen LogP) is 5.23. The Bertz CT molecular complexity index is 1280. The lowest BCUT2D eigenvalue weighted by molar-refractivity contribution is 0.0696. The molecule has 3 aromatic carbocycles. The Hall–Kier alpha value is -3.25. The average molecular weight is 431 g/mol. The van der Waals surface area contributed by atoms with Gasteiger partial charge >= 0.3 is 5.97 Å². The quantitative estimate of drug-likeness (QED) is 0.470. The summed E-state index contributed by atoms with van der Waals surface area (Å²) in [5.74, 6) is 1.73. The van der Waals surface area contributed by atoms with Gasteiger partial charge in [-0.05, 0) is 41.5 Å². The van der Waals surface area contributed by atoms with Gasteiger partial charge in [-0.15, -0.1) is 11.8 Å². The molecule has 0 fully saturated rings. The van der Waals surface area contributed by atoms with Crippen LogP contribution in [0.15, 0.2) is 66.7 Å². The second-order valence-electron chi connectivity index (χ2n) is 7.62. The smallest absolute Gasteiger partial charge is 0.335 e. The van der Waals surface area contributed by atoms with Gasteiger partial charge in [0.15, 0.2) is 0 Å². The van der Waals surface area contributed by atoms with Crippen molar-refractivity contribution in [2.24, 2.45) is 7.05 Å². The van der Waals surface area contributed by atoms with Crippen LogP contribution in [0.25, 0.3) is 11.0 Å². The third-order valence-corrected chi connectivity index (χ3v) is 7.03. The third-order valence-electron chi connectivity index (χ3n) is 5.75. The second-order valence-corrected chi connectivity index (χ2v) is 8.83. The van der Waals surface area contributed by atoms with Crippen LogP contribution >= 0.6 is 11.8 Å². The summed E-state index contributed by atoms with van der Waals surface area (Å²) in [6.45, 7) is 0.484. The van der Waals surface area contributed by atoms with Gasteiger partial charge in [0.2, 0.25) is 0 Å². The molecule has 5 nitrogen and oxygen atoms in total. The van der Waals surface area contributed by atoms with Crippen molar-refractivity contribution in [3.63, 3.8) is 0 Å². The topological polar surface area (TPSA) is 64.3 Å². The van der Waals surface area contributed by atoms with Gasteiger partial charge in [0.25, 0.3) is 0 Å². The van der Waals surface area contributed by atoms with Crippen LogP contribution in [0, 0.1) is 0 Å². The summed E-state index contributed by atoms with van der Waals surface area (Å²) in [5.41, 5.74) is 5.65. The van der Waals surface area contributed by atoms with E-state index in [-0.39, 0.29) is 10.8 Å². The first-order chi connectivity index (χ1) is 15.1. The van der Waals surface area contributed by atoms with E-state index in [9.17, 15) is 9.90 Å². The van der Waals surface area contributed by atoms with Crippen LogP contribution in [0.3, 0.4) is 0 Å². The molecule has 1 aromatic heterocycles. The van der Waals surface area contributed by atoms with Crippen molar-refractivity contribution in [3.05, 3.63) is 94.8 Å². The fourth-order valence-electron chi connectivity index (χ4n) is 4.13. The van der Waals surface area contributed by atoms with Crippen molar-refractivity contribution < 1.29 is 14.6 Å². The lowest BCUT2D eigenvalue weighted by Crippen LogP contribution is -2.05. The van der Waals surface area contributed by atoms with Crippen LogP contribution in [-0.2, 0) is 20.1 Å². The Kier molecular flexibility index (Phi) is 5.16. The van der Waals surface area contributed by atoms with E-state index in [1.165, 1.54) is 5.56 Å². The molecular weight excluding hydrogens is 408 g/mol. The number of aromatic carboxylic acids is 1. The first kappa shape index (κ1) is 19.7. The zero-order valence-electron chi connectivity index (χ0n) is 17.1. The molecule has 31 heavy (non-hydrogen) atoms. The minimum Gasteiger partial charge on any atom is -0.489 e. The maximum absolute atomic E-state index is 11.6. The third kappa shape index (κ3) is 3.68. The number of hydrogen-bond acceptors (Lipinski definition) is 4. The number of carboxylic acid groups (broad SMARTS) is 1. The zero-order valence-corrected chi connectivity index (χ0v) is 17.9. The van der Waals surface area contributed by atoms with E-state index >= 15 is 0 Å². The number of thioether (sulfide) groups is 1. The number of carbonyl (C=O) groups is 1. The summed E-state index contributed by atoms with van der Waals surface area (Å²) in [7, 11) is 2.05. The first-order valence-electron chi connectivity index (χ1n) is 10.2. The van der Waals surface area contributed by atoms with E-state index in [2.05, 4.69) is 29.8 Å². The first-order valence-corrected chi connectivity index (χ1v) is 11.3. The van der Waals surface area contributed by atoms with Gasteiger partial charge in [0.1, 0.15) is 18.2 Å². The summed E-state index contributed by atoms with van der Waals surface area (Å²) < 4.78 is 8.19. The summed E-state index contributed by atoms with van der Waals surface area (Å²) >= 11 is 1.80. The number of fused-ring (bicyclic) bond motifs is 3. The molecule has 1 aliphatic heterocycles. The molecule has 156 valence electrons. The maximum Gasteiger partial charge on any atom is 0.335 e. The molecular formula is C25H22N2O3S. The molecule has 1 atom stereocenters. The van der Waals surface area contributed by atoms with E-state index in [4.69, 9.17) is 9.72 Å². The molecule has 1 N–H and O–H groups in total. The fraction of sp³-hybridized carbons (Fsp3) is 0.200. The van der Waals surface area contributed by atoms with Gasteiger partial charge in [0.05, 0.1) is 21.8 Å². The number of carboxylic acids is 1. The van der Waals surface area contributed by atoms with Gasteiger partial charge in [-0.2, -0.15) is 0 Å². The normalized spacial score (nSPS) is 15.1. The molecule has 6 heteroatoms. The minimum atomic E-state index is -0.927. The van der Waals surface area contributed by atoms with E-state index in [0.29, 0.717) is 6.61 Å². The fourth-order valence-corrected chi connectivity index (χ4v) is 5.44. The number of ether oxygens (including phenoxy) is 1. The molecule has 5 rings (SSSR count). The van der Waals surface area contributed by atoms with E-state index in [1.54, 1.807) is 30.0 Å². The van der Waals surface area contributed by atoms with Crippen LogP contribution in [0.5, 0.6) is 5.75 Å². The van der Waals surface area contributed by atoms with Crippen LogP contribution < -0.4 is 4.74 Å². The Morgan fingerprint density at radius 1 is 1.13 bits per heavy atom. The molecule has 0 aliphatic carbocycles. The number of hydrogen-bond donors (Lipinski definition) is 1. The van der Waals surface area contributed by atoms with Crippen molar-refractivity contribution >= 4 is 28.8 Å².